The largest absolute Gasteiger partial charge is 0.486 e. The SMILES string of the molecule is CNC(=O)c1ccc(OC2CN(Cc3cnc4cc(C(F)F)c(=O)[nH]c4c3)C2)cn1. The molecule has 0 saturated carbocycles. The third-order valence-electron chi connectivity index (χ3n) is 4.84. The Morgan fingerprint density at radius 1 is 1.30 bits per heavy atom. The fourth-order valence-corrected chi connectivity index (χ4v) is 3.28. The van der Waals surface area contributed by atoms with Gasteiger partial charge in [-0.25, -0.2) is 13.8 Å². The fraction of sp³-hybridized carbons (Fsp3) is 0.300. The summed E-state index contributed by atoms with van der Waals surface area (Å²) in [6, 6.07) is 6.18. The highest BCUT2D eigenvalue weighted by Crippen LogP contribution is 2.22. The summed E-state index contributed by atoms with van der Waals surface area (Å²) >= 11 is 0. The number of alkyl halides is 2. The third kappa shape index (κ3) is 4.13. The molecule has 0 spiro atoms. The maximum absolute atomic E-state index is 12.8. The number of pyridine rings is 3. The molecule has 4 heterocycles. The van der Waals surface area contributed by atoms with Crippen LogP contribution in [-0.4, -0.2) is 52.0 Å². The topological polar surface area (TPSA) is 100 Å². The van der Waals surface area contributed by atoms with Crippen molar-refractivity contribution in [3.8, 4) is 5.75 Å². The van der Waals surface area contributed by atoms with E-state index >= 15 is 0 Å². The standard InChI is InChI=1S/C20H19F2N5O3/c1-23-20(29)15-3-2-12(7-25-15)30-13-9-27(10-13)8-11-4-17-16(24-6-11)5-14(18(21)22)19(28)26-17/h2-7,13,18H,8-10H2,1H3,(H,23,29)(H,26,28). The Morgan fingerprint density at radius 2 is 2.10 bits per heavy atom. The predicted molar refractivity (Wildman–Crippen MR) is 105 cm³/mol. The van der Waals surface area contributed by atoms with Crippen LogP contribution in [0, 0.1) is 0 Å². The molecule has 1 saturated heterocycles. The van der Waals surface area contributed by atoms with E-state index in [2.05, 4.69) is 25.2 Å². The number of ether oxygens (including phenoxy) is 1. The van der Waals surface area contributed by atoms with Gasteiger partial charge in [-0.3, -0.25) is 19.5 Å². The van der Waals surface area contributed by atoms with E-state index in [0.717, 1.165) is 11.6 Å². The maximum atomic E-state index is 12.8. The van der Waals surface area contributed by atoms with E-state index in [1.54, 1.807) is 31.4 Å². The zero-order chi connectivity index (χ0) is 21.3. The Bertz CT molecular complexity index is 1130. The van der Waals surface area contributed by atoms with Gasteiger partial charge in [-0.2, -0.15) is 0 Å². The molecule has 0 unspecified atom stereocenters. The molecule has 0 radical (unpaired) electrons. The Morgan fingerprint density at radius 3 is 2.77 bits per heavy atom. The lowest BCUT2D eigenvalue weighted by Crippen LogP contribution is -2.53. The van der Waals surface area contributed by atoms with Gasteiger partial charge in [0.05, 0.1) is 22.8 Å². The Labute approximate surface area is 169 Å². The summed E-state index contributed by atoms with van der Waals surface area (Å²) in [6.07, 6.45) is 0.294. The molecule has 3 aromatic heterocycles. The van der Waals surface area contributed by atoms with Gasteiger partial charge >= 0.3 is 0 Å². The summed E-state index contributed by atoms with van der Waals surface area (Å²) in [4.78, 5) is 36.1. The van der Waals surface area contributed by atoms with Crippen LogP contribution in [0.15, 0.2) is 41.5 Å². The highest BCUT2D eigenvalue weighted by atomic mass is 19.3. The molecule has 30 heavy (non-hydrogen) atoms. The first-order chi connectivity index (χ1) is 14.4. The highest BCUT2D eigenvalue weighted by Gasteiger charge is 2.28. The van der Waals surface area contributed by atoms with Crippen molar-refractivity contribution in [3.63, 3.8) is 0 Å². The number of aromatic amines is 1. The maximum Gasteiger partial charge on any atom is 0.269 e. The van der Waals surface area contributed by atoms with Gasteiger partial charge in [-0.1, -0.05) is 0 Å². The monoisotopic (exact) mass is 415 g/mol. The zero-order valence-electron chi connectivity index (χ0n) is 16.1. The molecule has 1 fully saturated rings. The van der Waals surface area contributed by atoms with Crippen LogP contribution in [0.25, 0.3) is 11.0 Å². The average molecular weight is 415 g/mol. The molecule has 0 aromatic carbocycles. The van der Waals surface area contributed by atoms with Gasteiger partial charge in [0, 0.05) is 32.9 Å². The molecule has 1 amide bonds. The van der Waals surface area contributed by atoms with Gasteiger partial charge < -0.3 is 15.0 Å². The molecule has 0 bridgehead atoms. The minimum absolute atomic E-state index is 0.000487. The fourth-order valence-electron chi connectivity index (χ4n) is 3.28. The van der Waals surface area contributed by atoms with E-state index in [1.165, 1.54) is 6.20 Å². The number of aromatic nitrogens is 3. The van der Waals surface area contributed by atoms with Crippen molar-refractivity contribution in [2.45, 2.75) is 19.1 Å². The van der Waals surface area contributed by atoms with E-state index in [9.17, 15) is 18.4 Å². The zero-order valence-corrected chi connectivity index (χ0v) is 16.1. The number of fused-ring (bicyclic) bond motifs is 1. The van der Waals surface area contributed by atoms with Gasteiger partial charge in [0.15, 0.2) is 0 Å². The number of hydrogen-bond acceptors (Lipinski definition) is 6. The molecule has 1 aliphatic rings. The van der Waals surface area contributed by atoms with Crippen LogP contribution in [0.2, 0.25) is 0 Å². The summed E-state index contributed by atoms with van der Waals surface area (Å²) < 4.78 is 31.5. The van der Waals surface area contributed by atoms with E-state index in [1.807, 2.05) is 0 Å². The van der Waals surface area contributed by atoms with E-state index in [-0.39, 0.29) is 12.0 Å². The van der Waals surface area contributed by atoms with E-state index in [4.69, 9.17) is 4.74 Å². The van der Waals surface area contributed by atoms with E-state index in [0.29, 0.717) is 42.1 Å². The van der Waals surface area contributed by atoms with Gasteiger partial charge in [0.2, 0.25) is 0 Å². The minimum Gasteiger partial charge on any atom is -0.486 e. The van der Waals surface area contributed by atoms with Crippen molar-refractivity contribution in [1.82, 2.24) is 25.2 Å². The van der Waals surface area contributed by atoms with Crippen LogP contribution in [0.5, 0.6) is 5.75 Å². The first-order valence-electron chi connectivity index (χ1n) is 9.30. The second kappa shape index (κ2) is 8.15. The quantitative estimate of drug-likeness (QED) is 0.638. The normalized spacial score (nSPS) is 14.7. The van der Waals surface area contributed by atoms with Crippen LogP contribution in [-0.2, 0) is 6.54 Å². The van der Waals surface area contributed by atoms with Crippen molar-refractivity contribution in [3.05, 3.63) is 63.8 Å². The number of carbonyl (C=O) groups is 1. The second-order valence-electron chi connectivity index (χ2n) is 7.02. The number of halogens is 2. The van der Waals surface area contributed by atoms with Crippen LogP contribution < -0.4 is 15.6 Å². The molecular weight excluding hydrogens is 396 g/mol. The third-order valence-corrected chi connectivity index (χ3v) is 4.84. The molecule has 2 N–H and O–H groups in total. The lowest BCUT2D eigenvalue weighted by Gasteiger charge is -2.38. The number of amides is 1. The summed E-state index contributed by atoms with van der Waals surface area (Å²) in [5, 5.41) is 2.51. The molecule has 3 aromatic rings. The lowest BCUT2D eigenvalue weighted by atomic mass is 10.1. The minimum atomic E-state index is -2.84. The summed E-state index contributed by atoms with van der Waals surface area (Å²) in [5.74, 6) is 0.333. The molecule has 0 atom stereocenters. The summed E-state index contributed by atoms with van der Waals surface area (Å²) in [7, 11) is 1.54. The van der Waals surface area contributed by atoms with Gasteiger partial charge in [0.1, 0.15) is 17.5 Å². The van der Waals surface area contributed by atoms with Gasteiger partial charge in [-0.05, 0) is 29.8 Å². The Hall–Kier alpha value is -3.40. The number of likely N-dealkylation sites (tertiary alicyclic amines) is 1. The summed E-state index contributed by atoms with van der Waals surface area (Å²) in [5.41, 5.74) is 0.553. The van der Waals surface area contributed by atoms with Crippen molar-refractivity contribution in [1.29, 1.82) is 0 Å². The first-order valence-corrected chi connectivity index (χ1v) is 9.30. The predicted octanol–water partition coefficient (Wildman–Crippen LogP) is 1.88. The number of H-pyrrole nitrogens is 1. The van der Waals surface area contributed by atoms with Crippen LogP contribution in [0.3, 0.4) is 0 Å². The van der Waals surface area contributed by atoms with Crippen LogP contribution >= 0.6 is 0 Å². The van der Waals surface area contributed by atoms with E-state index < -0.39 is 17.5 Å². The highest BCUT2D eigenvalue weighted by molar-refractivity contribution is 5.91. The number of nitrogens with zero attached hydrogens (tertiary/aromatic N) is 3. The second-order valence-corrected chi connectivity index (χ2v) is 7.02. The average Bonchev–Trinajstić information content (AvgIpc) is 2.71. The molecular formula is C20H19F2N5O3. The van der Waals surface area contributed by atoms with Crippen molar-refractivity contribution in [2.24, 2.45) is 0 Å². The Balaban J connectivity index is 1.34. The van der Waals surface area contributed by atoms with Crippen molar-refractivity contribution >= 4 is 16.9 Å². The van der Waals surface area contributed by atoms with Crippen molar-refractivity contribution < 1.29 is 18.3 Å². The number of rotatable bonds is 6. The van der Waals surface area contributed by atoms with Crippen LogP contribution in [0.1, 0.15) is 28.0 Å². The first kappa shape index (κ1) is 19.9. The molecule has 4 rings (SSSR count). The molecule has 10 heteroatoms. The smallest absolute Gasteiger partial charge is 0.269 e. The molecule has 8 nitrogen and oxygen atoms in total. The number of carbonyl (C=O) groups excluding carboxylic acids is 1. The Kier molecular flexibility index (Phi) is 5.40. The lowest BCUT2D eigenvalue weighted by molar-refractivity contribution is 0.0143. The molecule has 1 aliphatic heterocycles. The van der Waals surface area contributed by atoms with Crippen LogP contribution in [0.4, 0.5) is 8.78 Å². The van der Waals surface area contributed by atoms with Gasteiger partial charge in [-0.15, -0.1) is 0 Å². The number of hydrogen-bond donors (Lipinski definition) is 2. The van der Waals surface area contributed by atoms with Gasteiger partial charge in [0.25, 0.3) is 17.9 Å². The molecule has 156 valence electrons. The number of nitrogens with one attached hydrogen (secondary N) is 2. The van der Waals surface area contributed by atoms with Crippen molar-refractivity contribution in [2.75, 3.05) is 20.1 Å². The summed E-state index contributed by atoms with van der Waals surface area (Å²) in [6.45, 7) is 1.97. The molecule has 0 aliphatic carbocycles.